The molecule has 0 spiro atoms. The lowest BCUT2D eigenvalue weighted by Gasteiger charge is -2.35. The number of ether oxygens (including phenoxy) is 2. The fraction of sp³-hybridized carbons (Fsp3) is 0.353. The highest BCUT2D eigenvalue weighted by atomic mass is 16.5. The summed E-state index contributed by atoms with van der Waals surface area (Å²) in [6, 6.07) is 11.0. The van der Waals surface area contributed by atoms with E-state index in [9.17, 15) is 4.79 Å². The van der Waals surface area contributed by atoms with Crippen LogP contribution in [0.1, 0.15) is 0 Å². The molecule has 0 saturated carbocycles. The van der Waals surface area contributed by atoms with Crippen LogP contribution in [0.3, 0.4) is 0 Å². The zero-order valence-electron chi connectivity index (χ0n) is 13.6. The van der Waals surface area contributed by atoms with Crippen molar-refractivity contribution in [1.29, 1.82) is 0 Å². The lowest BCUT2D eigenvalue weighted by molar-refractivity contribution is -0.133. The summed E-state index contributed by atoms with van der Waals surface area (Å²) in [6.45, 7) is 2.83. The molecule has 3 rings (SSSR count). The van der Waals surface area contributed by atoms with Gasteiger partial charge in [-0.2, -0.15) is 5.10 Å². The van der Waals surface area contributed by atoms with Gasteiger partial charge in [-0.1, -0.05) is 0 Å². The minimum Gasteiger partial charge on any atom is -0.497 e. The Labute approximate surface area is 140 Å². The van der Waals surface area contributed by atoms with Gasteiger partial charge >= 0.3 is 0 Å². The van der Waals surface area contributed by atoms with E-state index in [0.717, 1.165) is 24.7 Å². The smallest absolute Gasteiger partial charge is 0.260 e. The molecule has 7 heteroatoms. The van der Waals surface area contributed by atoms with E-state index in [1.165, 1.54) is 0 Å². The topological polar surface area (TPSA) is 67.8 Å². The first-order valence-corrected chi connectivity index (χ1v) is 7.83. The quantitative estimate of drug-likeness (QED) is 0.822. The van der Waals surface area contributed by atoms with Crippen LogP contribution in [0.2, 0.25) is 0 Å². The molecule has 1 saturated heterocycles. The van der Waals surface area contributed by atoms with Crippen LogP contribution >= 0.6 is 0 Å². The molecular weight excluding hydrogens is 308 g/mol. The van der Waals surface area contributed by atoms with Gasteiger partial charge in [0.15, 0.2) is 12.4 Å². The van der Waals surface area contributed by atoms with Crippen molar-refractivity contribution in [3.05, 3.63) is 42.6 Å². The lowest BCUT2D eigenvalue weighted by Crippen LogP contribution is -2.50. The average Bonchev–Trinajstić information content (AvgIpc) is 2.67. The van der Waals surface area contributed by atoms with Crippen LogP contribution in [-0.4, -0.2) is 60.9 Å². The minimum atomic E-state index is -0.00962. The maximum Gasteiger partial charge on any atom is 0.260 e. The molecule has 0 aliphatic carbocycles. The predicted octanol–water partition coefficient (Wildman–Crippen LogP) is 1.21. The molecule has 1 aliphatic heterocycles. The highest BCUT2D eigenvalue weighted by Gasteiger charge is 2.22. The standard InChI is InChI=1S/C17H20N4O3/c1-23-14-4-6-15(7-5-14)24-13-17(22)21-11-9-20(10-12-21)16-3-2-8-18-19-16/h2-8H,9-13H2,1H3. The molecule has 0 unspecified atom stereocenters. The number of anilines is 1. The molecule has 1 fully saturated rings. The summed E-state index contributed by atoms with van der Waals surface area (Å²) in [7, 11) is 1.61. The lowest BCUT2D eigenvalue weighted by atomic mass is 10.3. The van der Waals surface area contributed by atoms with Crippen molar-refractivity contribution in [2.45, 2.75) is 0 Å². The molecule has 0 bridgehead atoms. The Hall–Kier alpha value is -2.83. The van der Waals surface area contributed by atoms with Crippen LogP contribution in [0, 0.1) is 0 Å². The first-order valence-electron chi connectivity index (χ1n) is 7.83. The van der Waals surface area contributed by atoms with Gasteiger partial charge in [0.2, 0.25) is 0 Å². The summed E-state index contributed by atoms with van der Waals surface area (Å²) in [5.74, 6) is 2.25. The number of aromatic nitrogens is 2. The number of carbonyl (C=O) groups is 1. The van der Waals surface area contributed by atoms with E-state index in [1.807, 2.05) is 17.0 Å². The molecule has 0 atom stereocenters. The normalized spacial score (nSPS) is 14.4. The molecule has 1 aromatic carbocycles. The third-order valence-electron chi connectivity index (χ3n) is 3.94. The van der Waals surface area contributed by atoms with Gasteiger partial charge in [0.05, 0.1) is 7.11 Å². The number of amides is 1. The Morgan fingerprint density at radius 3 is 2.42 bits per heavy atom. The number of nitrogens with zero attached hydrogens (tertiary/aromatic N) is 4. The predicted molar refractivity (Wildman–Crippen MR) is 89.3 cm³/mol. The first-order chi connectivity index (χ1) is 11.8. The summed E-state index contributed by atoms with van der Waals surface area (Å²) in [5.41, 5.74) is 0. The Morgan fingerprint density at radius 2 is 1.79 bits per heavy atom. The van der Waals surface area contributed by atoms with Gasteiger partial charge in [0.1, 0.15) is 11.5 Å². The van der Waals surface area contributed by atoms with Gasteiger partial charge in [-0.15, -0.1) is 5.10 Å². The first kappa shape index (κ1) is 16.0. The van der Waals surface area contributed by atoms with E-state index < -0.39 is 0 Å². The van der Waals surface area contributed by atoms with E-state index in [1.54, 1.807) is 37.6 Å². The number of piperazine rings is 1. The van der Waals surface area contributed by atoms with Gasteiger partial charge in [-0.25, -0.2) is 0 Å². The van der Waals surface area contributed by atoms with Gasteiger partial charge in [0.25, 0.3) is 5.91 Å². The van der Waals surface area contributed by atoms with Crippen LogP contribution < -0.4 is 14.4 Å². The number of rotatable bonds is 5. The van der Waals surface area contributed by atoms with E-state index in [4.69, 9.17) is 9.47 Å². The van der Waals surface area contributed by atoms with Crippen molar-refractivity contribution in [2.24, 2.45) is 0 Å². The number of carbonyl (C=O) groups excluding carboxylic acids is 1. The molecule has 24 heavy (non-hydrogen) atoms. The van der Waals surface area contributed by atoms with Crippen molar-refractivity contribution < 1.29 is 14.3 Å². The zero-order valence-corrected chi connectivity index (χ0v) is 13.6. The van der Waals surface area contributed by atoms with Gasteiger partial charge < -0.3 is 19.3 Å². The molecule has 1 amide bonds. The van der Waals surface area contributed by atoms with Crippen LogP contribution in [0.15, 0.2) is 42.6 Å². The van der Waals surface area contributed by atoms with Crippen molar-refractivity contribution in [3.8, 4) is 11.5 Å². The fourth-order valence-electron chi connectivity index (χ4n) is 2.56. The number of hydrogen-bond donors (Lipinski definition) is 0. The summed E-state index contributed by atoms with van der Waals surface area (Å²) in [6.07, 6.45) is 1.65. The second-order valence-corrected chi connectivity index (χ2v) is 5.41. The number of benzene rings is 1. The highest BCUT2D eigenvalue weighted by Crippen LogP contribution is 2.17. The molecule has 1 aromatic heterocycles. The molecule has 7 nitrogen and oxygen atoms in total. The van der Waals surface area contributed by atoms with Crippen molar-refractivity contribution in [3.63, 3.8) is 0 Å². The minimum absolute atomic E-state index is 0.00962. The fourth-order valence-corrected chi connectivity index (χ4v) is 2.56. The molecular formula is C17H20N4O3. The van der Waals surface area contributed by atoms with Crippen molar-refractivity contribution in [1.82, 2.24) is 15.1 Å². The van der Waals surface area contributed by atoms with E-state index in [2.05, 4.69) is 15.1 Å². The van der Waals surface area contributed by atoms with Gasteiger partial charge in [-0.3, -0.25) is 4.79 Å². The molecule has 0 N–H and O–H groups in total. The van der Waals surface area contributed by atoms with Crippen molar-refractivity contribution in [2.75, 3.05) is 44.8 Å². The molecule has 2 aromatic rings. The third kappa shape index (κ3) is 3.92. The maximum atomic E-state index is 12.3. The highest BCUT2D eigenvalue weighted by molar-refractivity contribution is 5.78. The van der Waals surface area contributed by atoms with Gasteiger partial charge in [0, 0.05) is 32.4 Å². The van der Waals surface area contributed by atoms with Gasteiger partial charge in [-0.05, 0) is 36.4 Å². The van der Waals surface area contributed by atoms with E-state index in [-0.39, 0.29) is 12.5 Å². The molecule has 2 heterocycles. The average molecular weight is 328 g/mol. The largest absolute Gasteiger partial charge is 0.497 e. The maximum absolute atomic E-state index is 12.3. The Morgan fingerprint density at radius 1 is 1.08 bits per heavy atom. The van der Waals surface area contributed by atoms with Crippen LogP contribution in [0.25, 0.3) is 0 Å². The monoisotopic (exact) mass is 328 g/mol. The van der Waals surface area contributed by atoms with Crippen molar-refractivity contribution >= 4 is 11.7 Å². The van der Waals surface area contributed by atoms with Crippen LogP contribution in [-0.2, 0) is 4.79 Å². The molecule has 0 radical (unpaired) electrons. The summed E-state index contributed by atoms with van der Waals surface area (Å²) in [4.78, 5) is 16.2. The number of methoxy groups -OCH3 is 1. The summed E-state index contributed by atoms with van der Waals surface area (Å²) < 4.78 is 10.6. The molecule has 126 valence electrons. The Bertz CT molecular complexity index is 655. The van der Waals surface area contributed by atoms with Crippen LogP contribution in [0.5, 0.6) is 11.5 Å². The van der Waals surface area contributed by atoms with Crippen LogP contribution in [0.4, 0.5) is 5.82 Å². The Balaban J connectivity index is 1.46. The third-order valence-corrected chi connectivity index (χ3v) is 3.94. The van der Waals surface area contributed by atoms with E-state index in [0.29, 0.717) is 18.8 Å². The number of hydrogen-bond acceptors (Lipinski definition) is 6. The summed E-state index contributed by atoms with van der Waals surface area (Å²) in [5, 5.41) is 7.99. The summed E-state index contributed by atoms with van der Waals surface area (Å²) >= 11 is 0. The zero-order chi connectivity index (χ0) is 16.8. The SMILES string of the molecule is COc1ccc(OCC(=O)N2CCN(c3cccnn3)CC2)cc1. The van der Waals surface area contributed by atoms with E-state index >= 15 is 0 Å². The second-order valence-electron chi connectivity index (χ2n) is 5.41. The Kier molecular flexibility index (Phi) is 5.10. The molecule has 1 aliphatic rings. The second kappa shape index (κ2) is 7.63.